The van der Waals surface area contributed by atoms with Crippen molar-refractivity contribution in [2.75, 3.05) is 4.90 Å². The van der Waals surface area contributed by atoms with E-state index in [0.717, 1.165) is 35.1 Å². The van der Waals surface area contributed by atoms with Gasteiger partial charge in [-0.25, -0.2) is 0 Å². The molecule has 2 aliphatic heterocycles. The minimum absolute atomic E-state index is 0.0661. The number of para-hydroxylation sites is 2. The van der Waals surface area contributed by atoms with Crippen LogP contribution in [0.25, 0.3) is 22.6 Å². The normalized spacial score (nSPS) is 20.2. The summed E-state index contributed by atoms with van der Waals surface area (Å²) in [5, 5.41) is 9.50. The van der Waals surface area contributed by atoms with E-state index in [4.69, 9.17) is 15.2 Å². The maximum atomic E-state index is 4.89. The smallest absolute Gasteiger partial charge is 0.237 e. The molecule has 158 valence electrons. The van der Waals surface area contributed by atoms with Crippen LogP contribution < -0.4 is 4.90 Å². The highest BCUT2D eigenvalue weighted by molar-refractivity contribution is 5.94. The molecule has 0 radical (unpaired) electrons. The number of allylic oxidation sites excluding steroid dienone is 2. The third-order valence-electron chi connectivity index (χ3n) is 6.73. The van der Waals surface area contributed by atoms with Gasteiger partial charge in [-0.15, -0.1) is 10.2 Å². The van der Waals surface area contributed by atoms with E-state index in [1.54, 1.807) is 0 Å². The van der Waals surface area contributed by atoms with E-state index in [-0.39, 0.29) is 12.1 Å². The number of anilines is 2. The Morgan fingerprint density at radius 1 is 0.758 bits per heavy atom. The number of aromatic nitrogens is 3. The van der Waals surface area contributed by atoms with Crippen LogP contribution in [0.1, 0.15) is 12.0 Å². The maximum Gasteiger partial charge on any atom is 0.237 e. The van der Waals surface area contributed by atoms with Crippen molar-refractivity contribution >= 4 is 23.4 Å². The Labute approximate surface area is 192 Å². The van der Waals surface area contributed by atoms with E-state index in [1.807, 2.05) is 30.5 Å². The molecule has 0 saturated heterocycles. The summed E-state index contributed by atoms with van der Waals surface area (Å²) in [7, 11) is 0. The van der Waals surface area contributed by atoms with Gasteiger partial charge in [-0.1, -0.05) is 78.9 Å². The summed E-state index contributed by atoms with van der Waals surface area (Å²) in [4.78, 5) is 7.23. The molecule has 7 rings (SSSR count). The number of rotatable bonds is 3. The average molecular weight is 428 g/mol. The Morgan fingerprint density at radius 2 is 1.52 bits per heavy atom. The number of benzene rings is 3. The van der Waals surface area contributed by atoms with E-state index in [1.165, 1.54) is 16.7 Å². The molecule has 5 nitrogen and oxygen atoms in total. The molecule has 0 amide bonds. The van der Waals surface area contributed by atoms with Crippen LogP contribution in [0.15, 0.2) is 108 Å². The molecule has 0 N–H and O–H groups in total. The van der Waals surface area contributed by atoms with Gasteiger partial charge >= 0.3 is 0 Å². The summed E-state index contributed by atoms with van der Waals surface area (Å²) in [5.41, 5.74) is 7.11. The number of hydrogen-bond donors (Lipinski definition) is 0. The predicted octanol–water partition coefficient (Wildman–Crippen LogP) is 5.62. The van der Waals surface area contributed by atoms with Crippen LogP contribution in [0.5, 0.6) is 0 Å². The first kappa shape index (κ1) is 18.3. The number of aliphatic imine (C=N–C) groups is 1. The van der Waals surface area contributed by atoms with Gasteiger partial charge in [0, 0.05) is 23.8 Å². The van der Waals surface area contributed by atoms with Crippen molar-refractivity contribution in [1.82, 2.24) is 14.8 Å². The van der Waals surface area contributed by atoms with Gasteiger partial charge in [0.2, 0.25) is 5.95 Å². The molecule has 0 bridgehead atoms. The molecular weight excluding hydrogens is 406 g/mol. The lowest BCUT2D eigenvalue weighted by atomic mass is 9.87. The van der Waals surface area contributed by atoms with Crippen molar-refractivity contribution in [3.63, 3.8) is 0 Å². The summed E-state index contributed by atoms with van der Waals surface area (Å²) in [5.74, 6) is 1.64. The van der Waals surface area contributed by atoms with Crippen LogP contribution in [0.4, 0.5) is 11.6 Å². The molecule has 2 unspecified atom stereocenters. The molecule has 2 atom stereocenters. The minimum atomic E-state index is 0.0661. The summed E-state index contributed by atoms with van der Waals surface area (Å²) < 4.78 is 2.17. The number of nitrogens with zero attached hydrogens (tertiary/aromatic N) is 5. The molecule has 5 heteroatoms. The van der Waals surface area contributed by atoms with Crippen LogP contribution in [0.3, 0.4) is 0 Å². The van der Waals surface area contributed by atoms with Crippen molar-refractivity contribution in [3.05, 3.63) is 108 Å². The SMILES string of the molecule is C1=NC2C(=CC=C3c4ccccc4N(c4nnc(-c5ccccc5)n4-c4ccccc4)C32)C1. The molecular formula is C28H21N5. The second-order valence-corrected chi connectivity index (χ2v) is 8.54. The molecule has 3 heterocycles. The highest BCUT2D eigenvalue weighted by Gasteiger charge is 2.45. The average Bonchev–Trinajstić information content (AvgIpc) is 3.60. The van der Waals surface area contributed by atoms with E-state index < -0.39 is 0 Å². The molecule has 3 aliphatic rings. The summed E-state index contributed by atoms with van der Waals surface area (Å²) in [6.07, 6.45) is 7.48. The van der Waals surface area contributed by atoms with Crippen LogP contribution in [0, 0.1) is 0 Å². The van der Waals surface area contributed by atoms with Crippen LogP contribution in [-0.2, 0) is 0 Å². The first-order valence-corrected chi connectivity index (χ1v) is 11.3. The first-order valence-electron chi connectivity index (χ1n) is 11.3. The zero-order chi connectivity index (χ0) is 21.8. The maximum absolute atomic E-state index is 4.89. The van der Waals surface area contributed by atoms with Crippen molar-refractivity contribution in [3.8, 4) is 17.1 Å². The van der Waals surface area contributed by atoms with Crippen molar-refractivity contribution in [1.29, 1.82) is 0 Å². The predicted molar refractivity (Wildman–Crippen MR) is 132 cm³/mol. The second-order valence-electron chi connectivity index (χ2n) is 8.54. The zero-order valence-corrected chi connectivity index (χ0v) is 17.9. The fourth-order valence-corrected chi connectivity index (χ4v) is 5.26. The zero-order valence-electron chi connectivity index (χ0n) is 17.9. The summed E-state index contributed by atoms with van der Waals surface area (Å²) >= 11 is 0. The molecule has 1 aromatic heterocycles. The lowest BCUT2D eigenvalue weighted by molar-refractivity contribution is 0.678. The number of fused-ring (bicyclic) bond motifs is 5. The highest BCUT2D eigenvalue weighted by Crippen LogP contribution is 2.50. The summed E-state index contributed by atoms with van der Waals surface area (Å²) in [6.45, 7) is 0. The highest BCUT2D eigenvalue weighted by atomic mass is 15.4. The monoisotopic (exact) mass is 427 g/mol. The second kappa shape index (κ2) is 7.14. The lowest BCUT2D eigenvalue weighted by Crippen LogP contribution is -2.39. The molecule has 3 aromatic carbocycles. The van der Waals surface area contributed by atoms with Crippen molar-refractivity contribution in [2.45, 2.75) is 18.5 Å². The quantitative estimate of drug-likeness (QED) is 0.426. The lowest BCUT2D eigenvalue weighted by Gasteiger charge is -2.32. The topological polar surface area (TPSA) is 46.3 Å². The van der Waals surface area contributed by atoms with Gasteiger partial charge in [-0.05, 0) is 29.3 Å². The molecule has 0 saturated carbocycles. The largest absolute Gasteiger partial charge is 0.300 e. The standard InChI is InChI=1S/C28H21N5/c1-3-9-20(10-4-1)27-30-31-28(32(27)21-11-5-2-6-12-21)33-24-14-8-7-13-22(24)23-16-15-19-17-18-29-25(19)26(23)33/h1-16,18,25-26H,17H2. The Morgan fingerprint density at radius 3 is 2.36 bits per heavy atom. The van der Waals surface area contributed by atoms with Crippen molar-refractivity contribution < 1.29 is 0 Å². The molecule has 0 spiro atoms. The van der Waals surface area contributed by atoms with E-state index in [2.05, 4.69) is 82.3 Å². The third kappa shape index (κ3) is 2.69. The van der Waals surface area contributed by atoms with E-state index in [0.29, 0.717) is 0 Å². The number of hydrogen-bond acceptors (Lipinski definition) is 4. The fraction of sp³-hybridized carbons (Fsp3) is 0.107. The van der Waals surface area contributed by atoms with Gasteiger partial charge in [-0.2, -0.15) is 0 Å². The van der Waals surface area contributed by atoms with Crippen LogP contribution in [0.2, 0.25) is 0 Å². The first-order chi connectivity index (χ1) is 16.4. The molecule has 1 aliphatic carbocycles. The Kier molecular flexibility index (Phi) is 3.96. The summed E-state index contributed by atoms with van der Waals surface area (Å²) in [6, 6.07) is 29.4. The van der Waals surface area contributed by atoms with E-state index in [9.17, 15) is 0 Å². The minimum Gasteiger partial charge on any atom is -0.300 e. The van der Waals surface area contributed by atoms with Gasteiger partial charge in [0.05, 0.1) is 23.5 Å². The van der Waals surface area contributed by atoms with Crippen LogP contribution >= 0.6 is 0 Å². The molecule has 4 aromatic rings. The van der Waals surface area contributed by atoms with Gasteiger partial charge < -0.3 is 0 Å². The Hall–Kier alpha value is -4.25. The van der Waals surface area contributed by atoms with Gasteiger partial charge in [0.15, 0.2) is 5.82 Å². The fourth-order valence-electron chi connectivity index (χ4n) is 5.26. The molecule has 33 heavy (non-hydrogen) atoms. The molecule has 0 fully saturated rings. The third-order valence-corrected chi connectivity index (χ3v) is 6.73. The van der Waals surface area contributed by atoms with Crippen molar-refractivity contribution in [2.24, 2.45) is 4.99 Å². The van der Waals surface area contributed by atoms with E-state index >= 15 is 0 Å². The Bertz CT molecular complexity index is 1450. The Balaban J connectivity index is 1.49. The van der Waals surface area contributed by atoms with Crippen LogP contribution in [-0.4, -0.2) is 33.1 Å². The van der Waals surface area contributed by atoms with Gasteiger partial charge in [-0.3, -0.25) is 14.5 Å². The van der Waals surface area contributed by atoms with Gasteiger partial charge in [0.25, 0.3) is 0 Å². The van der Waals surface area contributed by atoms with Gasteiger partial charge in [0.1, 0.15) is 0 Å².